The highest BCUT2D eigenvalue weighted by atomic mass is 16.3. The number of nitrogens with one attached hydrogen (secondary N) is 2. The van der Waals surface area contributed by atoms with E-state index in [-0.39, 0.29) is 6.61 Å². The number of hydrogen-bond acceptors (Lipinski definition) is 5. The number of aromatic amines is 1. The summed E-state index contributed by atoms with van der Waals surface area (Å²) in [4.78, 5) is 15.7. The minimum absolute atomic E-state index is 0.0566. The quantitative estimate of drug-likeness (QED) is 0.685. The Morgan fingerprint density at radius 2 is 2.24 bits per heavy atom. The van der Waals surface area contributed by atoms with Crippen molar-refractivity contribution in [1.29, 1.82) is 0 Å². The van der Waals surface area contributed by atoms with Gasteiger partial charge in [-0.25, -0.2) is 9.97 Å². The molecule has 0 saturated carbocycles. The summed E-state index contributed by atoms with van der Waals surface area (Å²) in [5, 5.41) is 13.5. The highest BCUT2D eigenvalue weighted by molar-refractivity contribution is 5.93. The predicted octanol–water partition coefficient (Wildman–Crippen LogP) is 2.13. The summed E-state index contributed by atoms with van der Waals surface area (Å²) in [5.41, 5.74) is 4.77. The first-order valence-corrected chi connectivity index (χ1v) is 6.67. The fraction of sp³-hybridized carbons (Fsp3) is 0.133. The van der Waals surface area contributed by atoms with Crippen LogP contribution in [0.4, 0.5) is 11.5 Å². The van der Waals surface area contributed by atoms with Gasteiger partial charge in [0.1, 0.15) is 17.8 Å². The van der Waals surface area contributed by atoms with Gasteiger partial charge in [0.2, 0.25) is 0 Å². The van der Waals surface area contributed by atoms with Crippen LogP contribution >= 0.6 is 0 Å². The van der Waals surface area contributed by atoms with Crippen LogP contribution in [0.2, 0.25) is 0 Å². The predicted molar refractivity (Wildman–Crippen MR) is 80.8 cm³/mol. The number of hydrogen-bond donors (Lipinski definition) is 3. The summed E-state index contributed by atoms with van der Waals surface area (Å²) in [6.45, 7) is 0.693. The first-order valence-electron chi connectivity index (χ1n) is 6.67. The van der Waals surface area contributed by atoms with E-state index in [9.17, 15) is 5.11 Å². The molecule has 0 atom stereocenters. The Kier molecular flexibility index (Phi) is 2.68. The van der Waals surface area contributed by atoms with Gasteiger partial charge in [-0.1, -0.05) is 6.07 Å². The zero-order valence-electron chi connectivity index (χ0n) is 11.2. The lowest BCUT2D eigenvalue weighted by atomic mass is 10.1. The highest BCUT2D eigenvalue weighted by Crippen LogP contribution is 2.27. The normalized spacial score (nSPS) is 12.8. The van der Waals surface area contributed by atoms with E-state index in [1.165, 1.54) is 11.9 Å². The van der Waals surface area contributed by atoms with Gasteiger partial charge in [-0.2, -0.15) is 0 Å². The van der Waals surface area contributed by atoms with E-state index in [0.29, 0.717) is 11.5 Å². The van der Waals surface area contributed by atoms with Crippen molar-refractivity contribution < 1.29 is 5.11 Å². The number of anilines is 2. The summed E-state index contributed by atoms with van der Waals surface area (Å²) < 4.78 is 0. The van der Waals surface area contributed by atoms with Crippen molar-refractivity contribution in [3.8, 4) is 0 Å². The average molecular weight is 279 g/mol. The molecule has 3 heterocycles. The van der Waals surface area contributed by atoms with Crippen molar-refractivity contribution in [3.63, 3.8) is 0 Å². The van der Waals surface area contributed by atoms with Gasteiger partial charge in [-0.05, 0) is 23.3 Å². The molecule has 21 heavy (non-hydrogen) atoms. The van der Waals surface area contributed by atoms with Crippen LogP contribution in [0.5, 0.6) is 0 Å². The molecular weight excluding hydrogens is 266 g/mol. The summed E-state index contributed by atoms with van der Waals surface area (Å²) in [7, 11) is 0. The third-order valence-corrected chi connectivity index (χ3v) is 3.62. The fourth-order valence-corrected chi connectivity index (χ4v) is 2.56. The molecule has 0 radical (unpaired) electrons. The van der Waals surface area contributed by atoms with Gasteiger partial charge in [0, 0.05) is 23.7 Å². The third kappa shape index (κ3) is 1.96. The standard InChI is InChI=1S/C15H13N5O/c21-7-11-6-17-14-13(11)15(19-8-18-14)20-12-2-1-9-4-16-5-10(9)3-12/h1-3,5-6,8,21H,4,7H2,(H2,17,18,19,20). The van der Waals surface area contributed by atoms with Gasteiger partial charge < -0.3 is 15.4 Å². The van der Waals surface area contributed by atoms with Gasteiger partial charge in [0.05, 0.1) is 18.5 Å². The van der Waals surface area contributed by atoms with Gasteiger partial charge >= 0.3 is 0 Å². The van der Waals surface area contributed by atoms with Gasteiger partial charge in [0.25, 0.3) is 0 Å². The van der Waals surface area contributed by atoms with E-state index in [4.69, 9.17) is 0 Å². The summed E-state index contributed by atoms with van der Waals surface area (Å²) in [5.74, 6) is 0.681. The number of H-pyrrole nitrogens is 1. The Labute approximate surface area is 120 Å². The highest BCUT2D eigenvalue weighted by Gasteiger charge is 2.12. The maximum Gasteiger partial charge on any atom is 0.143 e. The maximum atomic E-state index is 9.42. The minimum Gasteiger partial charge on any atom is -0.392 e. The minimum atomic E-state index is -0.0566. The molecule has 3 N–H and O–H groups in total. The zero-order valence-corrected chi connectivity index (χ0v) is 11.2. The Morgan fingerprint density at radius 1 is 1.29 bits per heavy atom. The van der Waals surface area contributed by atoms with Crippen molar-refractivity contribution in [2.24, 2.45) is 4.99 Å². The molecule has 0 spiro atoms. The molecule has 0 aliphatic carbocycles. The summed E-state index contributed by atoms with van der Waals surface area (Å²) in [6.07, 6.45) is 5.13. The van der Waals surface area contributed by atoms with Gasteiger partial charge in [0.15, 0.2) is 0 Å². The van der Waals surface area contributed by atoms with Crippen LogP contribution in [-0.2, 0) is 13.2 Å². The van der Waals surface area contributed by atoms with E-state index in [1.807, 2.05) is 18.3 Å². The second-order valence-corrected chi connectivity index (χ2v) is 4.93. The lowest BCUT2D eigenvalue weighted by Gasteiger charge is -2.08. The number of aromatic nitrogens is 3. The second kappa shape index (κ2) is 4.68. The molecule has 0 unspecified atom stereocenters. The van der Waals surface area contributed by atoms with E-state index >= 15 is 0 Å². The van der Waals surface area contributed by atoms with Gasteiger partial charge in [-0.15, -0.1) is 0 Å². The molecule has 2 aromatic heterocycles. The average Bonchev–Trinajstić information content (AvgIpc) is 3.13. The summed E-state index contributed by atoms with van der Waals surface area (Å²) >= 11 is 0. The monoisotopic (exact) mass is 279 g/mol. The molecule has 0 bridgehead atoms. The van der Waals surface area contributed by atoms with Crippen LogP contribution in [0.1, 0.15) is 16.7 Å². The van der Waals surface area contributed by atoms with Crippen LogP contribution in [0.25, 0.3) is 11.0 Å². The second-order valence-electron chi connectivity index (χ2n) is 4.93. The van der Waals surface area contributed by atoms with Crippen LogP contribution in [0.3, 0.4) is 0 Å². The topological polar surface area (TPSA) is 86.2 Å². The van der Waals surface area contributed by atoms with E-state index < -0.39 is 0 Å². The number of aliphatic hydroxyl groups is 1. The molecule has 6 nitrogen and oxygen atoms in total. The van der Waals surface area contributed by atoms with Crippen molar-refractivity contribution in [3.05, 3.63) is 47.4 Å². The molecule has 1 aliphatic heterocycles. The van der Waals surface area contributed by atoms with Crippen LogP contribution in [0, 0.1) is 0 Å². The Bertz CT molecular complexity index is 852. The first kappa shape index (κ1) is 12.0. The van der Waals surface area contributed by atoms with E-state index in [1.54, 1.807) is 6.20 Å². The molecule has 0 amide bonds. The number of nitrogens with zero attached hydrogens (tertiary/aromatic N) is 3. The molecular formula is C15H13N5O. The number of benzene rings is 1. The summed E-state index contributed by atoms with van der Waals surface area (Å²) in [6, 6.07) is 6.12. The van der Waals surface area contributed by atoms with Crippen LogP contribution in [-0.4, -0.2) is 26.3 Å². The van der Waals surface area contributed by atoms with Crippen molar-refractivity contribution in [2.75, 3.05) is 5.32 Å². The van der Waals surface area contributed by atoms with Crippen LogP contribution in [0.15, 0.2) is 35.7 Å². The number of aliphatic imine (C=N–C) groups is 1. The van der Waals surface area contributed by atoms with Crippen molar-refractivity contribution in [2.45, 2.75) is 13.2 Å². The molecule has 6 heteroatoms. The number of aliphatic hydroxyl groups excluding tert-OH is 1. The first-order chi connectivity index (χ1) is 10.3. The van der Waals surface area contributed by atoms with E-state index in [0.717, 1.165) is 28.7 Å². The fourth-order valence-electron chi connectivity index (χ4n) is 2.56. The third-order valence-electron chi connectivity index (χ3n) is 3.62. The Morgan fingerprint density at radius 3 is 3.14 bits per heavy atom. The smallest absolute Gasteiger partial charge is 0.143 e. The van der Waals surface area contributed by atoms with Crippen LogP contribution < -0.4 is 5.32 Å². The van der Waals surface area contributed by atoms with Crippen molar-refractivity contribution in [1.82, 2.24) is 15.0 Å². The maximum absolute atomic E-state index is 9.42. The van der Waals surface area contributed by atoms with E-state index in [2.05, 4.69) is 31.3 Å². The van der Waals surface area contributed by atoms with Gasteiger partial charge in [-0.3, -0.25) is 4.99 Å². The lowest BCUT2D eigenvalue weighted by molar-refractivity contribution is 0.283. The molecule has 1 aromatic carbocycles. The molecule has 3 aromatic rings. The largest absolute Gasteiger partial charge is 0.392 e. The molecule has 0 fully saturated rings. The zero-order chi connectivity index (χ0) is 14.2. The Balaban J connectivity index is 1.77. The lowest BCUT2D eigenvalue weighted by Crippen LogP contribution is -1.97. The van der Waals surface area contributed by atoms with Crippen molar-refractivity contribution >= 4 is 28.8 Å². The SMILES string of the molecule is OCc1c[nH]c2ncnc(Nc3ccc4c(c3)C=NC4)c12. The molecule has 4 rings (SSSR count). The molecule has 104 valence electrons. The Hall–Kier alpha value is -2.73. The molecule has 0 saturated heterocycles. The molecule has 1 aliphatic rings. The number of fused-ring (bicyclic) bond motifs is 2. The number of rotatable bonds is 3.